The maximum atomic E-state index is 2.44. The SMILES string of the molecule is CCn1c2ccc(-c3ccccc3)cc2c2cc(-c3ccc(-c4ccc(-c5c6ccc(-c7ccccc7)cc6c(-c6ccc(-c7ccc(-c8ccccc8)cc7)cc6)c6ccc(-c7ccccc7)cc56)cc4)cc3)ccc21.CCn1c2ccc(-c3ccccc3)cc2c2cc(-c3ccc(-c4ccc(-c5c6ccc(-c7ccccc7)cc6c(-c6ccc(-c7ccccc7)cc6)c6ccc(-c7ccccc7)cc56)cc4)cc3)ccc21. The second kappa shape index (κ2) is 38.8. The Kier molecular flexibility index (Phi) is 23.4. The molecule has 27 rings (SSSR count). The highest BCUT2D eigenvalue weighted by Gasteiger charge is 2.25. The van der Waals surface area contributed by atoms with Crippen molar-refractivity contribution < 1.29 is 0 Å². The summed E-state index contributed by atoms with van der Waals surface area (Å²) >= 11 is 0. The van der Waals surface area contributed by atoms with Gasteiger partial charge in [-0.15, -0.1) is 0 Å². The van der Waals surface area contributed by atoms with Crippen LogP contribution < -0.4 is 0 Å². The largest absolute Gasteiger partial charge is 0.341 e. The second-order valence-electron chi connectivity index (χ2n) is 38.9. The van der Waals surface area contributed by atoms with Crippen LogP contribution >= 0.6 is 0 Å². The molecule has 0 bridgehead atoms. The molecule has 0 saturated carbocycles. The smallest absolute Gasteiger partial charge is 0.0491 e. The van der Waals surface area contributed by atoms with Gasteiger partial charge < -0.3 is 9.13 Å². The van der Waals surface area contributed by atoms with Crippen molar-refractivity contribution in [1.29, 1.82) is 0 Å². The Balaban J connectivity index is 0.000000150. The summed E-state index contributed by atoms with van der Waals surface area (Å²) in [7, 11) is 0. The first-order valence-corrected chi connectivity index (χ1v) is 51.6. The van der Waals surface area contributed by atoms with Crippen molar-refractivity contribution in [3.63, 3.8) is 0 Å². The molecule has 0 aliphatic carbocycles. The van der Waals surface area contributed by atoms with Crippen molar-refractivity contribution in [1.82, 2.24) is 9.13 Å². The normalized spacial score (nSPS) is 11.5. The van der Waals surface area contributed by atoms with E-state index in [1.54, 1.807) is 0 Å². The summed E-state index contributed by atoms with van der Waals surface area (Å²) < 4.78 is 4.87. The van der Waals surface area contributed by atoms with Crippen LogP contribution in [0.5, 0.6) is 0 Å². The summed E-state index contributed by atoms with van der Waals surface area (Å²) in [4.78, 5) is 0. The van der Waals surface area contributed by atoms with Crippen molar-refractivity contribution >= 4 is 86.7 Å². The minimum atomic E-state index is 0.917. The molecule has 27 aromatic rings. The third-order valence-corrected chi connectivity index (χ3v) is 30.5. The van der Waals surface area contributed by atoms with Crippen LogP contribution in [-0.2, 0) is 13.1 Å². The molecule has 0 radical (unpaired) electrons. The monoisotopic (exact) mass is 1880 g/mol. The van der Waals surface area contributed by atoms with Gasteiger partial charge in [0.2, 0.25) is 0 Å². The lowest BCUT2D eigenvalue weighted by Crippen LogP contribution is -1.93. The first-order valence-electron chi connectivity index (χ1n) is 51.6. The summed E-state index contributed by atoms with van der Waals surface area (Å²) in [5, 5.41) is 15.0. The van der Waals surface area contributed by atoms with Gasteiger partial charge in [0.15, 0.2) is 0 Å². The lowest BCUT2D eigenvalue weighted by molar-refractivity contribution is 0.827. The summed E-state index contributed by atoms with van der Waals surface area (Å²) in [5.74, 6) is 0. The predicted molar refractivity (Wildman–Crippen MR) is 633 cm³/mol. The van der Waals surface area contributed by atoms with Crippen LogP contribution in [0.3, 0.4) is 0 Å². The Hall–Kier alpha value is -18.9. The van der Waals surface area contributed by atoms with Gasteiger partial charge in [0.25, 0.3) is 0 Å². The first-order chi connectivity index (χ1) is 73.3. The van der Waals surface area contributed by atoms with Crippen LogP contribution in [0, 0.1) is 0 Å². The van der Waals surface area contributed by atoms with Crippen molar-refractivity contribution in [2.24, 2.45) is 0 Å². The number of hydrogen-bond acceptors (Lipinski definition) is 0. The summed E-state index contributed by atoms with van der Waals surface area (Å²) in [6.45, 7) is 6.31. The predicted octanol–water partition coefficient (Wildman–Crippen LogP) is 40.6. The number of hydrogen-bond donors (Lipinski definition) is 0. The number of benzene rings is 25. The molecule has 148 heavy (non-hydrogen) atoms. The van der Waals surface area contributed by atoms with Crippen LogP contribution in [0.15, 0.2) is 558 Å². The molecule has 0 unspecified atom stereocenters. The molecule has 0 saturated heterocycles. The zero-order chi connectivity index (χ0) is 98.5. The molecule has 0 aliphatic rings. The highest BCUT2D eigenvalue weighted by Crippen LogP contribution is 2.51. The van der Waals surface area contributed by atoms with Gasteiger partial charge >= 0.3 is 0 Å². The lowest BCUT2D eigenvalue weighted by atomic mass is 9.83. The summed E-state index contributed by atoms with van der Waals surface area (Å²) in [6, 6.07) is 206. The van der Waals surface area contributed by atoms with E-state index in [1.807, 2.05) is 0 Å². The molecule has 2 heteroatoms. The third kappa shape index (κ3) is 16.8. The number of aryl methyl sites for hydroxylation is 2. The maximum Gasteiger partial charge on any atom is 0.0491 e. The van der Waals surface area contributed by atoms with Crippen LogP contribution in [0.25, 0.3) is 276 Å². The molecular formula is C146H102N2. The maximum absolute atomic E-state index is 2.44. The third-order valence-electron chi connectivity index (χ3n) is 30.5. The minimum absolute atomic E-state index is 0.917. The summed E-state index contributed by atoms with van der Waals surface area (Å²) in [6.07, 6.45) is 0. The average molecular weight is 1880 g/mol. The molecule has 25 aromatic carbocycles. The molecular weight excluding hydrogens is 1780 g/mol. The fraction of sp³-hybridized carbons (Fsp3) is 0.0274. The van der Waals surface area contributed by atoms with E-state index in [-0.39, 0.29) is 0 Å². The van der Waals surface area contributed by atoms with Crippen LogP contribution in [-0.4, -0.2) is 9.13 Å². The van der Waals surface area contributed by atoms with Crippen LogP contribution in [0.4, 0.5) is 0 Å². The fourth-order valence-electron chi connectivity index (χ4n) is 23.0. The van der Waals surface area contributed by atoms with E-state index in [0.717, 1.165) is 13.1 Å². The Labute approximate surface area is 863 Å². The number of fused-ring (bicyclic) bond motifs is 10. The fourth-order valence-corrected chi connectivity index (χ4v) is 23.0. The van der Waals surface area contributed by atoms with Crippen molar-refractivity contribution in [2.75, 3.05) is 0 Å². The average Bonchev–Trinajstić information content (AvgIpc) is 1.10. The standard InChI is InChI=1S/C76H53N.C70H49N/c1-2-77-73-45-41-65(54-21-13-6-14-22-54)47-69(73)70-48-66(42-46-74(70)77)60-29-27-57(28-30-60)59-33-37-62(38-34-59)76-68-44-40-63(52-17-9-4-10-18-52)49-71(68)75(67-43-39-64(50-72(67)76)53-19-11-5-12-20-53)61-35-31-58(32-36-61)56-25-23-55(24-26-56)51-15-7-3-8-16-51;1-2-71-67-41-37-59(50-21-13-6-14-22-50)43-63(67)64-44-60(38-42-68(64)71)54-25-23-52(24-26-54)53-29-33-56(34-30-53)70-62-40-36-57(48-17-9-4-10-18-48)45-65(62)69(55-31-27-51(28-32-55)47-15-7-3-8-16-47)61-39-35-58(46-66(61)70)49-19-11-5-12-20-49/h3-50H,2H2,1H3;3-46H,2H2,1H3. The van der Waals surface area contributed by atoms with E-state index < -0.39 is 0 Å². The second-order valence-corrected chi connectivity index (χ2v) is 38.9. The van der Waals surface area contributed by atoms with Gasteiger partial charge in [0, 0.05) is 56.7 Å². The van der Waals surface area contributed by atoms with E-state index in [9.17, 15) is 0 Å². The Morgan fingerprint density at radius 2 is 0.216 bits per heavy atom. The topological polar surface area (TPSA) is 9.86 Å². The molecule has 2 heterocycles. The van der Waals surface area contributed by atoms with Gasteiger partial charge in [-0.3, -0.25) is 0 Å². The van der Waals surface area contributed by atoms with E-state index >= 15 is 0 Å². The van der Waals surface area contributed by atoms with Crippen molar-refractivity contribution in [3.8, 4) is 189 Å². The molecule has 0 fully saturated rings. The van der Waals surface area contributed by atoms with Gasteiger partial charge in [-0.25, -0.2) is 0 Å². The molecule has 0 aliphatic heterocycles. The zero-order valence-electron chi connectivity index (χ0n) is 82.4. The number of nitrogens with zero attached hydrogens (tertiary/aromatic N) is 2. The number of rotatable bonds is 19. The van der Waals surface area contributed by atoms with Crippen molar-refractivity contribution in [2.45, 2.75) is 26.9 Å². The highest BCUT2D eigenvalue weighted by atomic mass is 15.0. The van der Waals surface area contributed by atoms with Gasteiger partial charge in [-0.05, 0) is 319 Å². The van der Waals surface area contributed by atoms with Gasteiger partial charge in [-0.2, -0.15) is 0 Å². The zero-order valence-corrected chi connectivity index (χ0v) is 82.4. The Bertz CT molecular complexity index is 9620. The molecule has 696 valence electrons. The molecule has 0 spiro atoms. The quantitative estimate of drug-likeness (QED) is 0.0714. The highest BCUT2D eigenvalue weighted by molar-refractivity contribution is 6.25. The van der Waals surface area contributed by atoms with Gasteiger partial charge in [-0.1, -0.05) is 485 Å². The summed E-state index contributed by atoms with van der Waals surface area (Å²) in [5.41, 5.74) is 46.3. The first kappa shape index (κ1) is 89.2. The number of aromatic nitrogens is 2. The Morgan fingerprint density at radius 1 is 0.101 bits per heavy atom. The van der Waals surface area contributed by atoms with Crippen LogP contribution in [0.1, 0.15) is 13.8 Å². The van der Waals surface area contributed by atoms with Gasteiger partial charge in [0.1, 0.15) is 0 Å². The van der Waals surface area contributed by atoms with E-state index in [0.29, 0.717) is 0 Å². The van der Waals surface area contributed by atoms with Crippen LogP contribution in [0.2, 0.25) is 0 Å². The minimum Gasteiger partial charge on any atom is -0.341 e. The van der Waals surface area contributed by atoms with Gasteiger partial charge in [0.05, 0.1) is 0 Å². The molecule has 0 amide bonds. The van der Waals surface area contributed by atoms with E-state index in [1.165, 1.54) is 276 Å². The van der Waals surface area contributed by atoms with E-state index in [2.05, 4.69) is 581 Å². The molecule has 0 N–H and O–H groups in total. The molecule has 2 aromatic heterocycles. The van der Waals surface area contributed by atoms with Crippen molar-refractivity contribution in [3.05, 3.63) is 558 Å². The lowest BCUT2D eigenvalue weighted by Gasteiger charge is -2.20. The Morgan fingerprint density at radius 3 is 0.372 bits per heavy atom. The molecule has 0 atom stereocenters. The molecule has 2 nitrogen and oxygen atoms in total. The van der Waals surface area contributed by atoms with E-state index in [4.69, 9.17) is 0 Å².